The van der Waals surface area contributed by atoms with Crippen LogP contribution < -0.4 is 11.1 Å². The Kier molecular flexibility index (Phi) is 5.77. The van der Waals surface area contributed by atoms with Gasteiger partial charge in [-0.15, -0.1) is 11.3 Å². The first-order valence-electron chi connectivity index (χ1n) is 9.38. The maximum atomic E-state index is 13.7. The van der Waals surface area contributed by atoms with Crippen molar-refractivity contribution in [2.75, 3.05) is 30.7 Å². The predicted octanol–water partition coefficient (Wildman–Crippen LogP) is 3.14. The molecule has 3 heterocycles. The highest BCUT2D eigenvalue weighted by Gasteiger charge is 2.26. The number of carbonyl (C=O) groups is 1. The number of likely N-dealkylation sites (tertiary alicyclic amines) is 1. The third-order valence-electron chi connectivity index (χ3n) is 4.91. The smallest absolute Gasteiger partial charge is 0.240 e. The molecule has 7 nitrogen and oxygen atoms in total. The van der Waals surface area contributed by atoms with Gasteiger partial charge in [0.15, 0.2) is 5.13 Å². The van der Waals surface area contributed by atoms with E-state index in [4.69, 9.17) is 5.73 Å². The lowest BCUT2D eigenvalue weighted by Gasteiger charge is -2.32. The molecule has 1 fully saturated rings. The number of carbonyl (C=O) groups excluding carboxylic acids is 1. The maximum Gasteiger partial charge on any atom is 0.240 e. The number of nitrogens with one attached hydrogen (secondary N) is 1. The van der Waals surface area contributed by atoms with Gasteiger partial charge in [0.2, 0.25) is 11.9 Å². The molecule has 0 spiro atoms. The second-order valence-corrected chi connectivity index (χ2v) is 7.89. The van der Waals surface area contributed by atoms with E-state index in [0.717, 1.165) is 36.2 Å². The van der Waals surface area contributed by atoms with Gasteiger partial charge in [0.25, 0.3) is 0 Å². The van der Waals surface area contributed by atoms with Gasteiger partial charge in [-0.3, -0.25) is 9.69 Å². The Morgan fingerprint density at radius 1 is 1.38 bits per heavy atom. The summed E-state index contributed by atoms with van der Waals surface area (Å²) >= 11 is 1.39. The van der Waals surface area contributed by atoms with Crippen LogP contribution in [-0.2, 0) is 4.79 Å². The Labute approximate surface area is 171 Å². The Bertz CT molecular complexity index is 996. The van der Waals surface area contributed by atoms with Gasteiger partial charge in [-0.1, -0.05) is 12.1 Å². The fourth-order valence-corrected chi connectivity index (χ4v) is 4.21. The average Bonchev–Trinajstić information content (AvgIpc) is 3.21. The minimum Gasteiger partial charge on any atom is -0.368 e. The number of nitrogen functional groups attached to an aromatic ring is 1. The van der Waals surface area contributed by atoms with Crippen molar-refractivity contribution in [3.05, 3.63) is 53.6 Å². The lowest BCUT2D eigenvalue weighted by molar-refractivity contribution is -0.117. The maximum absolute atomic E-state index is 13.7. The molecule has 1 aliphatic heterocycles. The van der Waals surface area contributed by atoms with E-state index in [-0.39, 0.29) is 30.1 Å². The molecule has 4 rings (SSSR count). The van der Waals surface area contributed by atoms with Gasteiger partial charge in [0, 0.05) is 35.8 Å². The first-order chi connectivity index (χ1) is 14.1. The van der Waals surface area contributed by atoms with Gasteiger partial charge in [-0.2, -0.15) is 0 Å². The zero-order valence-corrected chi connectivity index (χ0v) is 16.5. The summed E-state index contributed by atoms with van der Waals surface area (Å²) < 4.78 is 13.7. The quantitative estimate of drug-likeness (QED) is 0.668. The van der Waals surface area contributed by atoms with Crippen molar-refractivity contribution in [3.8, 4) is 11.1 Å². The molecule has 0 aliphatic carbocycles. The fraction of sp³-hybridized carbons (Fsp3) is 0.300. The molecular formula is C20H21FN6OS. The lowest BCUT2D eigenvalue weighted by Crippen LogP contribution is -2.40. The molecule has 3 N–H and O–H groups in total. The summed E-state index contributed by atoms with van der Waals surface area (Å²) in [5.41, 5.74) is 8.15. The van der Waals surface area contributed by atoms with Crippen LogP contribution in [0, 0.1) is 5.82 Å². The number of thiazole rings is 1. The molecule has 9 heteroatoms. The number of benzene rings is 1. The number of aromatic nitrogens is 3. The Hall–Kier alpha value is -2.91. The van der Waals surface area contributed by atoms with Crippen LogP contribution in [-0.4, -0.2) is 45.4 Å². The number of amides is 1. The van der Waals surface area contributed by atoms with Crippen LogP contribution in [0.15, 0.2) is 42.0 Å². The van der Waals surface area contributed by atoms with E-state index < -0.39 is 0 Å². The SMILES string of the molecule is Nc1ncc(-c2cccc(F)c2)c(C2CCCN(CC(=O)Nc3nccs3)C2)n1. The molecule has 1 aromatic carbocycles. The largest absolute Gasteiger partial charge is 0.368 e. The minimum atomic E-state index is -0.311. The van der Waals surface area contributed by atoms with Crippen molar-refractivity contribution >= 4 is 28.3 Å². The summed E-state index contributed by atoms with van der Waals surface area (Å²) in [6.07, 6.45) is 5.16. The molecule has 0 bridgehead atoms. The van der Waals surface area contributed by atoms with Crippen LogP contribution in [0.25, 0.3) is 11.1 Å². The zero-order chi connectivity index (χ0) is 20.2. The third kappa shape index (κ3) is 4.75. The van der Waals surface area contributed by atoms with Crippen molar-refractivity contribution in [2.24, 2.45) is 0 Å². The number of halogens is 1. The Morgan fingerprint density at radius 3 is 3.07 bits per heavy atom. The summed E-state index contributed by atoms with van der Waals surface area (Å²) in [5, 5.41) is 5.23. The summed E-state index contributed by atoms with van der Waals surface area (Å²) in [5.74, 6) is -0.124. The molecule has 150 valence electrons. The average molecular weight is 412 g/mol. The summed E-state index contributed by atoms with van der Waals surface area (Å²) in [7, 11) is 0. The van der Waals surface area contributed by atoms with Crippen molar-refractivity contribution in [1.29, 1.82) is 0 Å². The highest BCUT2D eigenvalue weighted by Crippen LogP contribution is 2.33. The van der Waals surface area contributed by atoms with E-state index in [1.165, 1.54) is 23.5 Å². The number of rotatable bonds is 5. The first-order valence-corrected chi connectivity index (χ1v) is 10.3. The molecule has 1 atom stereocenters. The van der Waals surface area contributed by atoms with E-state index in [9.17, 15) is 9.18 Å². The molecule has 29 heavy (non-hydrogen) atoms. The second kappa shape index (κ2) is 8.62. The van der Waals surface area contributed by atoms with Crippen LogP contribution in [0.4, 0.5) is 15.5 Å². The summed E-state index contributed by atoms with van der Waals surface area (Å²) in [6.45, 7) is 1.79. The minimum absolute atomic E-state index is 0.0833. The third-order valence-corrected chi connectivity index (χ3v) is 5.60. The van der Waals surface area contributed by atoms with Crippen molar-refractivity contribution in [1.82, 2.24) is 19.9 Å². The van der Waals surface area contributed by atoms with Crippen LogP contribution >= 0.6 is 11.3 Å². The number of nitrogens with two attached hydrogens (primary N) is 1. The summed E-state index contributed by atoms with van der Waals surface area (Å²) in [4.78, 5) is 27.1. The normalized spacial score (nSPS) is 17.2. The molecule has 0 radical (unpaired) electrons. The topological polar surface area (TPSA) is 97.0 Å². The van der Waals surface area contributed by atoms with Gasteiger partial charge < -0.3 is 11.1 Å². The van der Waals surface area contributed by atoms with E-state index in [0.29, 0.717) is 11.7 Å². The highest BCUT2D eigenvalue weighted by molar-refractivity contribution is 7.13. The fourth-order valence-electron chi connectivity index (χ4n) is 3.67. The number of hydrogen-bond acceptors (Lipinski definition) is 7. The van der Waals surface area contributed by atoms with Crippen LogP contribution in [0.3, 0.4) is 0 Å². The van der Waals surface area contributed by atoms with Gasteiger partial charge in [-0.05, 0) is 37.1 Å². The van der Waals surface area contributed by atoms with Crippen molar-refractivity contribution < 1.29 is 9.18 Å². The van der Waals surface area contributed by atoms with Crippen LogP contribution in [0.1, 0.15) is 24.5 Å². The lowest BCUT2D eigenvalue weighted by atomic mass is 9.90. The van der Waals surface area contributed by atoms with Crippen molar-refractivity contribution in [3.63, 3.8) is 0 Å². The van der Waals surface area contributed by atoms with Gasteiger partial charge >= 0.3 is 0 Å². The molecule has 1 amide bonds. The number of nitrogens with zero attached hydrogens (tertiary/aromatic N) is 4. The summed E-state index contributed by atoms with van der Waals surface area (Å²) in [6, 6.07) is 6.38. The Morgan fingerprint density at radius 2 is 2.28 bits per heavy atom. The van der Waals surface area contributed by atoms with Gasteiger partial charge in [0.05, 0.1) is 12.2 Å². The molecule has 1 saturated heterocycles. The molecule has 3 aromatic rings. The molecule has 1 aliphatic rings. The molecule has 1 unspecified atom stereocenters. The molecule has 2 aromatic heterocycles. The van der Waals surface area contributed by atoms with Gasteiger partial charge in [-0.25, -0.2) is 19.3 Å². The van der Waals surface area contributed by atoms with Crippen molar-refractivity contribution in [2.45, 2.75) is 18.8 Å². The van der Waals surface area contributed by atoms with E-state index in [1.807, 2.05) is 11.4 Å². The first kappa shape index (κ1) is 19.4. The van der Waals surface area contributed by atoms with Crippen LogP contribution in [0.2, 0.25) is 0 Å². The number of piperidine rings is 1. The molecule has 0 saturated carbocycles. The standard InChI is InChI=1S/C20H21FN6OS/c21-15-5-1-3-13(9-15)16-10-24-19(22)26-18(16)14-4-2-7-27(11-14)12-17(28)25-20-23-6-8-29-20/h1,3,5-6,8-10,14H,2,4,7,11-12H2,(H2,22,24,26)(H,23,25,28). The Balaban J connectivity index is 1.52. The molecular weight excluding hydrogens is 391 g/mol. The van der Waals surface area contributed by atoms with E-state index >= 15 is 0 Å². The zero-order valence-electron chi connectivity index (χ0n) is 15.7. The van der Waals surface area contributed by atoms with Gasteiger partial charge in [0.1, 0.15) is 5.82 Å². The second-order valence-electron chi connectivity index (χ2n) is 7.00. The monoisotopic (exact) mass is 412 g/mol. The van der Waals surface area contributed by atoms with E-state index in [2.05, 4.69) is 25.2 Å². The van der Waals surface area contributed by atoms with Crippen LogP contribution in [0.5, 0.6) is 0 Å². The number of hydrogen-bond donors (Lipinski definition) is 2. The number of anilines is 2. The van der Waals surface area contributed by atoms with E-state index in [1.54, 1.807) is 18.5 Å². The highest BCUT2D eigenvalue weighted by atomic mass is 32.1. The predicted molar refractivity (Wildman–Crippen MR) is 111 cm³/mol.